The predicted octanol–water partition coefficient (Wildman–Crippen LogP) is 4.29. The lowest BCUT2D eigenvalue weighted by Gasteiger charge is -2.29. The maximum absolute atomic E-state index is 10.4. The van der Waals surface area contributed by atoms with Crippen LogP contribution in [0.2, 0.25) is 0 Å². The Morgan fingerprint density at radius 2 is 1.96 bits per heavy atom. The Balaban J connectivity index is 1.97. The van der Waals surface area contributed by atoms with Gasteiger partial charge in [-0.2, -0.15) is 0 Å². The van der Waals surface area contributed by atoms with E-state index in [1.54, 1.807) is 13.2 Å². The average molecular weight is 340 g/mol. The lowest BCUT2D eigenvalue weighted by atomic mass is 9.80. The quantitative estimate of drug-likeness (QED) is 0.815. The molecule has 0 aliphatic carbocycles. The molecule has 25 heavy (non-hydrogen) atoms. The first-order valence-corrected chi connectivity index (χ1v) is 8.35. The van der Waals surface area contributed by atoms with Gasteiger partial charge in [0.25, 0.3) is 0 Å². The molecule has 1 aliphatic rings. The zero-order chi connectivity index (χ0) is 18.2. The zero-order valence-corrected chi connectivity index (χ0v) is 14.9. The SMILES string of the molecule is C=CC(C)(C)c1cc([C@H]2COc3cc(OC)ccc3C2)c(O)cc1O. The van der Waals surface area contributed by atoms with E-state index in [9.17, 15) is 10.2 Å². The summed E-state index contributed by atoms with van der Waals surface area (Å²) in [6.07, 6.45) is 2.55. The number of methoxy groups -OCH3 is 1. The van der Waals surface area contributed by atoms with E-state index >= 15 is 0 Å². The number of hydrogen-bond donors (Lipinski definition) is 2. The second kappa shape index (κ2) is 6.36. The van der Waals surface area contributed by atoms with Crippen LogP contribution in [0.1, 0.15) is 36.5 Å². The zero-order valence-electron chi connectivity index (χ0n) is 14.9. The summed E-state index contributed by atoms with van der Waals surface area (Å²) in [4.78, 5) is 0. The van der Waals surface area contributed by atoms with Gasteiger partial charge >= 0.3 is 0 Å². The lowest BCUT2D eigenvalue weighted by Crippen LogP contribution is -2.20. The molecule has 0 aromatic heterocycles. The van der Waals surface area contributed by atoms with Gasteiger partial charge in [0.15, 0.2) is 0 Å². The van der Waals surface area contributed by atoms with Crippen LogP contribution in [-0.2, 0) is 11.8 Å². The van der Waals surface area contributed by atoms with Crippen molar-refractivity contribution in [3.8, 4) is 23.0 Å². The molecule has 0 radical (unpaired) electrons. The van der Waals surface area contributed by atoms with Gasteiger partial charge < -0.3 is 19.7 Å². The number of fused-ring (bicyclic) bond motifs is 1. The van der Waals surface area contributed by atoms with Gasteiger partial charge in [0.2, 0.25) is 0 Å². The summed E-state index contributed by atoms with van der Waals surface area (Å²) in [5, 5.41) is 20.6. The summed E-state index contributed by atoms with van der Waals surface area (Å²) in [5.41, 5.74) is 2.21. The topological polar surface area (TPSA) is 58.9 Å². The molecule has 3 rings (SSSR count). The van der Waals surface area contributed by atoms with E-state index in [0.717, 1.165) is 34.6 Å². The van der Waals surface area contributed by atoms with Gasteiger partial charge in [-0.1, -0.05) is 26.0 Å². The fourth-order valence-corrected chi connectivity index (χ4v) is 3.23. The Hall–Kier alpha value is -2.62. The van der Waals surface area contributed by atoms with E-state index in [2.05, 4.69) is 6.58 Å². The van der Waals surface area contributed by atoms with Gasteiger partial charge in [-0.15, -0.1) is 6.58 Å². The Bertz CT molecular complexity index is 808. The average Bonchev–Trinajstić information content (AvgIpc) is 2.60. The molecule has 1 aliphatic heterocycles. The van der Waals surface area contributed by atoms with E-state index in [0.29, 0.717) is 6.61 Å². The molecular weight excluding hydrogens is 316 g/mol. The number of rotatable bonds is 4. The van der Waals surface area contributed by atoms with Crippen molar-refractivity contribution in [3.05, 3.63) is 59.7 Å². The molecule has 4 heteroatoms. The maximum Gasteiger partial charge on any atom is 0.126 e. The number of ether oxygens (including phenoxy) is 2. The molecule has 0 spiro atoms. The molecule has 0 unspecified atom stereocenters. The number of phenols is 2. The van der Waals surface area contributed by atoms with Gasteiger partial charge in [0.1, 0.15) is 23.0 Å². The molecule has 0 amide bonds. The van der Waals surface area contributed by atoms with Crippen LogP contribution in [0.25, 0.3) is 0 Å². The van der Waals surface area contributed by atoms with E-state index in [1.165, 1.54) is 6.07 Å². The highest BCUT2D eigenvalue weighted by Crippen LogP contribution is 2.42. The fourth-order valence-electron chi connectivity index (χ4n) is 3.23. The van der Waals surface area contributed by atoms with Crippen molar-refractivity contribution in [2.45, 2.75) is 31.6 Å². The minimum absolute atomic E-state index is 0.0147. The van der Waals surface area contributed by atoms with Gasteiger partial charge in [-0.25, -0.2) is 0 Å². The minimum atomic E-state index is -0.396. The summed E-state index contributed by atoms with van der Waals surface area (Å²) in [6, 6.07) is 9.07. The second-order valence-corrected chi connectivity index (χ2v) is 7.04. The van der Waals surface area contributed by atoms with Crippen LogP contribution in [0.15, 0.2) is 43.0 Å². The van der Waals surface area contributed by atoms with Crippen LogP contribution in [0.5, 0.6) is 23.0 Å². The lowest BCUT2D eigenvalue weighted by molar-refractivity contribution is 0.258. The monoisotopic (exact) mass is 340 g/mol. The van der Waals surface area contributed by atoms with E-state index < -0.39 is 5.41 Å². The number of benzene rings is 2. The second-order valence-electron chi connectivity index (χ2n) is 7.04. The van der Waals surface area contributed by atoms with Gasteiger partial charge in [0, 0.05) is 34.6 Å². The van der Waals surface area contributed by atoms with Crippen molar-refractivity contribution in [2.24, 2.45) is 0 Å². The van der Waals surface area contributed by atoms with Crippen LogP contribution in [0, 0.1) is 0 Å². The third-order valence-corrected chi connectivity index (χ3v) is 4.97. The predicted molar refractivity (Wildman–Crippen MR) is 97.9 cm³/mol. The standard InChI is InChI=1S/C21H24O4/c1-5-21(2,3)17-10-16(18(22)11-19(17)23)14-8-13-6-7-15(24-4)9-20(13)25-12-14/h5-7,9-11,14,22-23H,1,8,12H2,2-4H3/t14-/m1/s1. The van der Waals surface area contributed by atoms with Crippen molar-refractivity contribution in [1.29, 1.82) is 0 Å². The molecule has 2 aromatic carbocycles. The number of hydrogen-bond acceptors (Lipinski definition) is 4. The molecule has 1 atom stereocenters. The van der Waals surface area contributed by atoms with Crippen molar-refractivity contribution < 1.29 is 19.7 Å². The molecule has 2 N–H and O–H groups in total. The highest BCUT2D eigenvalue weighted by atomic mass is 16.5. The van der Waals surface area contributed by atoms with Crippen LogP contribution >= 0.6 is 0 Å². The highest BCUT2D eigenvalue weighted by molar-refractivity contribution is 5.52. The minimum Gasteiger partial charge on any atom is -0.508 e. The van der Waals surface area contributed by atoms with E-state index in [1.807, 2.05) is 38.1 Å². The third-order valence-electron chi connectivity index (χ3n) is 4.97. The summed E-state index contributed by atoms with van der Waals surface area (Å²) in [7, 11) is 1.63. The Morgan fingerprint density at radius 1 is 1.20 bits per heavy atom. The first kappa shape index (κ1) is 17.2. The molecule has 1 heterocycles. The van der Waals surface area contributed by atoms with Crippen LogP contribution < -0.4 is 9.47 Å². The molecule has 132 valence electrons. The molecule has 0 fully saturated rings. The maximum atomic E-state index is 10.4. The third kappa shape index (κ3) is 3.16. The van der Waals surface area contributed by atoms with E-state index in [4.69, 9.17) is 9.47 Å². The summed E-state index contributed by atoms with van der Waals surface area (Å²) >= 11 is 0. The van der Waals surface area contributed by atoms with Crippen molar-refractivity contribution in [3.63, 3.8) is 0 Å². The first-order chi connectivity index (χ1) is 11.9. The number of phenolic OH excluding ortho intramolecular Hbond substituents is 2. The van der Waals surface area contributed by atoms with Gasteiger partial charge in [-0.05, 0) is 24.1 Å². The Morgan fingerprint density at radius 3 is 2.64 bits per heavy atom. The van der Waals surface area contributed by atoms with Gasteiger partial charge in [-0.3, -0.25) is 0 Å². The van der Waals surface area contributed by atoms with Crippen molar-refractivity contribution in [1.82, 2.24) is 0 Å². The van der Waals surface area contributed by atoms with E-state index in [-0.39, 0.29) is 17.4 Å². The summed E-state index contributed by atoms with van der Waals surface area (Å²) in [5.74, 6) is 1.76. The first-order valence-electron chi connectivity index (χ1n) is 8.35. The number of aromatic hydroxyl groups is 2. The van der Waals surface area contributed by atoms with Crippen molar-refractivity contribution in [2.75, 3.05) is 13.7 Å². The Kier molecular flexibility index (Phi) is 4.38. The Labute approximate surface area is 148 Å². The molecule has 0 saturated carbocycles. The highest BCUT2D eigenvalue weighted by Gasteiger charge is 2.28. The largest absolute Gasteiger partial charge is 0.508 e. The van der Waals surface area contributed by atoms with Gasteiger partial charge in [0.05, 0.1) is 13.7 Å². The molecule has 2 aromatic rings. The number of allylic oxidation sites excluding steroid dienone is 1. The van der Waals surface area contributed by atoms with Crippen LogP contribution in [-0.4, -0.2) is 23.9 Å². The molecule has 0 saturated heterocycles. The summed E-state index contributed by atoms with van der Waals surface area (Å²) in [6.45, 7) is 8.28. The van der Waals surface area contributed by atoms with Crippen LogP contribution in [0.4, 0.5) is 0 Å². The van der Waals surface area contributed by atoms with Crippen LogP contribution in [0.3, 0.4) is 0 Å². The van der Waals surface area contributed by atoms with Crippen molar-refractivity contribution >= 4 is 0 Å². The summed E-state index contributed by atoms with van der Waals surface area (Å²) < 4.78 is 11.1. The normalized spacial score (nSPS) is 16.7. The molecule has 4 nitrogen and oxygen atoms in total. The fraction of sp³-hybridized carbons (Fsp3) is 0.333. The smallest absolute Gasteiger partial charge is 0.126 e. The molecule has 0 bridgehead atoms. The molecular formula is C21H24O4.